The average molecular weight is 367 g/mol. The Hall–Kier alpha value is -1.47. The largest absolute Gasteiger partial charge is 0.573 e. The first-order chi connectivity index (χ1) is 10.9. The molecule has 1 heterocycles. The smallest absolute Gasteiger partial charge is 0.406 e. The minimum atomic E-state index is -4.73. The van der Waals surface area contributed by atoms with Gasteiger partial charge in [0.15, 0.2) is 0 Å². The number of ether oxygens (including phenoxy) is 1. The maximum absolute atomic E-state index is 12.3. The second-order valence-corrected chi connectivity index (χ2v) is 5.67. The standard InChI is InChI=1S/C16H21F3N2O2.ClH/c17-16(18,19)23-14-6-2-1-5-13(14)7-8-15(22)21-11-12-4-3-9-20-10-12;/h1-2,5-6,12,20H,3-4,7-11H2,(H,21,22);1H. The highest BCUT2D eigenvalue weighted by molar-refractivity contribution is 5.85. The Morgan fingerprint density at radius 1 is 1.33 bits per heavy atom. The highest BCUT2D eigenvalue weighted by Gasteiger charge is 2.31. The van der Waals surface area contributed by atoms with E-state index in [2.05, 4.69) is 15.4 Å². The van der Waals surface area contributed by atoms with E-state index in [4.69, 9.17) is 0 Å². The van der Waals surface area contributed by atoms with Gasteiger partial charge in [-0.05, 0) is 49.9 Å². The molecule has 1 fully saturated rings. The normalized spacial score (nSPS) is 17.7. The van der Waals surface area contributed by atoms with Crippen LogP contribution in [0.15, 0.2) is 24.3 Å². The molecule has 1 unspecified atom stereocenters. The van der Waals surface area contributed by atoms with Gasteiger partial charge in [-0.3, -0.25) is 4.79 Å². The van der Waals surface area contributed by atoms with Crippen LogP contribution in [0.5, 0.6) is 5.75 Å². The van der Waals surface area contributed by atoms with Crippen LogP contribution in [0.1, 0.15) is 24.8 Å². The molecule has 2 N–H and O–H groups in total. The van der Waals surface area contributed by atoms with Crippen molar-refractivity contribution in [2.24, 2.45) is 5.92 Å². The van der Waals surface area contributed by atoms with Crippen LogP contribution in [0.4, 0.5) is 13.2 Å². The van der Waals surface area contributed by atoms with Crippen molar-refractivity contribution in [3.05, 3.63) is 29.8 Å². The van der Waals surface area contributed by atoms with Crippen molar-refractivity contribution >= 4 is 18.3 Å². The van der Waals surface area contributed by atoms with Gasteiger partial charge in [0.1, 0.15) is 5.75 Å². The number of carbonyl (C=O) groups excluding carboxylic acids is 1. The molecule has 8 heteroatoms. The van der Waals surface area contributed by atoms with Crippen molar-refractivity contribution < 1.29 is 22.7 Å². The molecule has 1 aliphatic heterocycles. The number of carbonyl (C=O) groups is 1. The zero-order valence-electron chi connectivity index (χ0n) is 13.2. The molecule has 0 saturated carbocycles. The lowest BCUT2D eigenvalue weighted by Crippen LogP contribution is -2.38. The van der Waals surface area contributed by atoms with E-state index >= 15 is 0 Å². The van der Waals surface area contributed by atoms with Crippen LogP contribution in [0.3, 0.4) is 0 Å². The van der Waals surface area contributed by atoms with Crippen molar-refractivity contribution in [2.75, 3.05) is 19.6 Å². The first-order valence-corrected chi connectivity index (χ1v) is 7.75. The number of piperidine rings is 1. The Bertz CT molecular complexity index is 520. The van der Waals surface area contributed by atoms with E-state index in [9.17, 15) is 18.0 Å². The predicted octanol–water partition coefficient (Wildman–Crippen LogP) is 3.06. The number of aryl methyl sites for hydroxylation is 1. The third-order valence-corrected chi connectivity index (χ3v) is 3.81. The summed E-state index contributed by atoms with van der Waals surface area (Å²) >= 11 is 0. The van der Waals surface area contributed by atoms with E-state index in [1.165, 1.54) is 12.1 Å². The van der Waals surface area contributed by atoms with Crippen LogP contribution < -0.4 is 15.4 Å². The SMILES string of the molecule is Cl.O=C(CCc1ccccc1OC(F)(F)F)NCC1CCCNC1. The fourth-order valence-electron chi connectivity index (χ4n) is 2.63. The second kappa shape index (κ2) is 9.74. The number of para-hydroxylation sites is 1. The van der Waals surface area contributed by atoms with Crippen LogP contribution >= 0.6 is 12.4 Å². The zero-order chi connectivity index (χ0) is 16.7. The summed E-state index contributed by atoms with van der Waals surface area (Å²) in [5, 5.41) is 6.12. The molecule has 0 bridgehead atoms. The summed E-state index contributed by atoms with van der Waals surface area (Å²) in [7, 11) is 0. The Labute approximate surface area is 145 Å². The van der Waals surface area contributed by atoms with Gasteiger partial charge < -0.3 is 15.4 Å². The van der Waals surface area contributed by atoms with Gasteiger partial charge in [0.05, 0.1) is 0 Å². The highest BCUT2D eigenvalue weighted by atomic mass is 35.5. The van der Waals surface area contributed by atoms with Gasteiger partial charge in [-0.1, -0.05) is 18.2 Å². The number of amides is 1. The van der Waals surface area contributed by atoms with Gasteiger partial charge >= 0.3 is 6.36 Å². The number of nitrogens with one attached hydrogen (secondary N) is 2. The monoisotopic (exact) mass is 366 g/mol. The first-order valence-electron chi connectivity index (χ1n) is 7.75. The second-order valence-electron chi connectivity index (χ2n) is 5.67. The molecule has 2 rings (SSSR count). The fourth-order valence-corrected chi connectivity index (χ4v) is 2.63. The molecule has 136 valence electrons. The van der Waals surface area contributed by atoms with Gasteiger partial charge in [-0.25, -0.2) is 0 Å². The third-order valence-electron chi connectivity index (χ3n) is 3.81. The fraction of sp³-hybridized carbons (Fsp3) is 0.562. The van der Waals surface area contributed by atoms with Gasteiger partial charge in [-0.15, -0.1) is 25.6 Å². The minimum absolute atomic E-state index is 0. The predicted molar refractivity (Wildman–Crippen MR) is 87.3 cm³/mol. The molecule has 1 saturated heterocycles. The molecule has 1 aromatic rings. The number of benzene rings is 1. The van der Waals surface area contributed by atoms with E-state index < -0.39 is 6.36 Å². The number of hydrogen-bond acceptors (Lipinski definition) is 3. The summed E-state index contributed by atoms with van der Waals surface area (Å²) in [6.07, 6.45) is -2.20. The van der Waals surface area contributed by atoms with Crippen molar-refractivity contribution in [1.29, 1.82) is 0 Å². The minimum Gasteiger partial charge on any atom is -0.406 e. The number of alkyl halides is 3. The van der Waals surface area contributed by atoms with E-state index in [1.807, 2.05) is 0 Å². The molecule has 1 aromatic carbocycles. The molecule has 0 aliphatic carbocycles. The van der Waals surface area contributed by atoms with Crippen molar-refractivity contribution in [2.45, 2.75) is 32.0 Å². The summed E-state index contributed by atoms with van der Waals surface area (Å²) in [6, 6.07) is 5.90. The molecule has 0 spiro atoms. The molecule has 0 aromatic heterocycles. The lowest BCUT2D eigenvalue weighted by molar-refractivity contribution is -0.274. The number of halogens is 4. The van der Waals surface area contributed by atoms with Crippen molar-refractivity contribution in [1.82, 2.24) is 10.6 Å². The van der Waals surface area contributed by atoms with E-state index in [0.717, 1.165) is 25.9 Å². The van der Waals surface area contributed by atoms with Crippen LogP contribution in [-0.4, -0.2) is 31.9 Å². The lowest BCUT2D eigenvalue weighted by atomic mass is 9.99. The highest BCUT2D eigenvalue weighted by Crippen LogP contribution is 2.26. The average Bonchev–Trinajstić information content (AvgIpc) is 2.51. The van der Waals surface area contributed by atoms with Crippen LogP contribution in [-0.2, 0) is 11.2 Å². The van der Waals surface area contributed by atoms with E-state index in [1.54, 1.807) is 12.1 Å². The van der Waals surface area contributed by atoms with Crippen molar-refractivity contribution in [3.8, 4) is 5.75 Å². The quantitative estimate of drug-likeness (QED) is 0.813. The van der Waals surface area contributed by atoms with Crippen LogP contribution in [0, 0.1) is 5.92 Å². The van der Waals surface area contributed by atoms with Crippen LogP contribution in [0.25, 0.3) is 0 Å². The van der Waals surface area contributed by atoms with Gasteiger partial charge in [0.2, 0.25) is 5.91 Å². The Morgan fingerprint density at radius 2 is 2.08 bits per heavy atom. The summed E-state index contributed by atoms with van der Waals surface area (Å²) in [5.41, 5.74) is 0.374. The molecule has 1 atom stereocenters. The maximum Gasteiger partial charge on any atom is 0.573 e. The number of hydrogen-bond donors (Lipinski definition) is 2. The molecule has 1 amide bonds. The third kappa shape index (κ3) is 7.40. The van der Waals surface area contributed by atoms with Gasteiger partial charge in [0, 0.05) is 13.0 Å². The summed E-state index contributed by atoms with van der Waals surface area (Å²) in [4.78, 5) is 11.9. The zero-order valence-corrected chi connectivity index (χ0v) is 14.0. The lowest BCUT2D eigenvalue weighted by Gasteiger charge is -2.22. The van der Waals surface area contributed by atoms with Gasteiger partial charge in [-0.2, -0.15) is 0 Å². The first kappa shape index (κ1) is 20.6. The van der Waals surface area contributed by atoms with Gasteiger partial charge in [0.25, 0.3) is 0 Å². The summed E-state index contributed by atoms with van der Waals surface area (Å²) in [5.74, 6) is 0.0233. The molecular weight excluding hydrogens is 345 g/mol. The molecule has 0 radical (unpaired) electrons. The Morgan fingerprint density at radius 3 is 2.75 bits per heavy atom. The Balaban J connectivity index is 0.00000288. The molecule has 24 heavy (non-hydrogen) atoms. The number of rotatable bonds is 6. The molecule has 1 aliphatic rings. The van der Waals surface area contributed by atoms with Crippen LogP contribution in [0.2, 0.25) is 0 Å². The molecule has 4 nitrogen and oxygen atoms in total. The maximum atomic E-state index is 12.3. The molecular formula is C16H22ClF3N2O2. The Kier molecular flexibility index (Phi) is 8.35. The van der Waals surface area contributed by atoms with E-state index in [-0.39, 0.29) is 36.9 Å². The summed E-state index contributed by atoms with van der Waals surface area (Å²) < 4.78 is 41.0. The van der Waals surface area contributed by atoms with E-state index in [0.29, 0.717) is 18.0 Å². The topological polar surface area (TPSA) is 50.4 Å². The van der Waals surface area contributed by atoms with Crippen molar-refractivity contribution in [3.63, 3.8) is 0 Å². The summed E-state index contributed by atoms with van der Waals surface area (Å²) in [6.45, 7) is 2.51.